The summed E-state index contributed by atoms with van der Waals surface area (Å²) in [5.74, 6) is 2.10. The van der Waals surface area contributed by atoms with Crippen LogP contribution < -0.4 is 10.1 Å². The molecule has 0 spiro atoms. The van der Waals surface area contributed by atoms with Crippen LogP contribution in [0.5, 0.6) is 5.75 Å². The van der Waals surface area contributed by atoms with E-state index in [9.17, 15) is 4.79 Å². The number of rotatable bonds is 8. The molecule has 0 bridgehead atoms. The smallest absolute Gasteiger partial charge is 0.252 e. The molecule has 4 rings (SSSR count). The molecule has 31 heavy (non-hydrogen) atoms. The van der Waals surface area contributed by atoms with Gasteiger partial charge in [-0.05, 0) is 29.8 Å². The lowest BCUT2D eigenvalue weighted by molar-refractivity contribution is 0.0943. The van der Waals surface area contributed by atoms with E-state index in [0.29, 0.717) is 23.0 Å². The number of carbonyl (C=O) groups excluding carboxylic acids is 1. The van der Waals surface area contributed by atoms with Crippen LogP contribution in [0.15, 0.2) is 88.3 Å². The number of aromatic nitrogens is 2. The predicted molar refractivity (Wildman–Crippen MR) is 120 cm³/mol. The fourth-order valence-electron chi connectivity index (χ4n) is 2.97. The highest BCUT2D eigenvalue weighted by Gasteiger charge is 2.14. The molecule has 1 N–H and O–H groups in total. The Balaban J connectivity index is 1.40. The Labute approximate surface area is 184 Å². The molecule has 6 nitrogen and oxygen atoms in total. The van der Waals surface area contributed by atoms with Crippen molar-refractivity contribution in [1.29, 1.82) is 0 Å². The molecule has 1 aromatic heterocycles. The van der Waals surface area contributed by atoms with Gasteiger partial charge in [-0.15, -0.1) is 11.8 Å². The normalized spacial score (nSPS) is 10.6. The fourth-order valence-corrected chi connectivity index (χ4v) is 3.98. The standard InChI is InChI=1S/C24H21N3O3S/c1-29-19-11-7-10-18(14-19)23-26-22(30-27-23)15-25-24(28)20-12-5-6-13-21(20)31-16-17-8-3-2-4-9-17/h2-14H,15-16H2,1H3,(H,25,28). The zero-order chi connectivity index (χ0) is 21.5. The van der Waals surface area contributed by atoms with Crippen molar-refractivity contribution < 1.29 is 14.1 Å². The van der Waals surface area contributed by atoms with Crippen LogP contribution in [0, 0.1) is 0 Å². The highest BCUT2D eigenvalue weighted by Crippen LogP contribution is 2.26. The van der Waals surface area contributed by atoms with Crippen LogP contribution in [0.4, 0.5) is 0 Å². The number of ether oxygens (including phenoxy) is 1. The van der Waals surface area contributed by atoms with Gasteiger partial charge in [-0.25, -0.2) is 0 Å². The van der Waals surface area contributed by atoms with Gasteiger partial charge in [0.25, 0.3) is 5.91 Å². The molecule has 0 fully saturated rings. The number of hydrogen-bond donors (Lipinski definition) is 1. The zero-order valence-electron chi connectivity index (χ0n) is 16.9. The van der Waals surface area contributed by atoms with Gasteiger partial charge in [-0.2, -0.15) is 4.98 Å². The third-order valence-electron chi connectivity index (χ3n) is 4.57. The van der Waals surface area contributed by atoms with Gasteiger partial charge < -0.3 is 14.6 Å². The molecule has 0 aliphatic heterocycles. The quantitative estimate of drug-likeness (QED) is 0.397. The van der Waals surface area contributed by atoms with Crippen LogP contribution in [0.25, 0.3) is 11.4 Å². The molecular formula is C24H21N3O3S. The van der Waals surface area contributed by atoms with Crippen molar-refractivity contribution in [1.82, 2.24) is 15.5 Å². The number of benzene rings is 3. The lowest BCUT2D eigenvalue weighted by atomic mass is 10.2. The maximum absolute atomic E-state index is 12.8. The number of thioether (sulfide) groups is 1. The second-order valence-corrected chi connectivity index (χ2v) is 7.71. The first kappa shape index (κ1) is 20.7. The van der Waals surface area contributed by atoms with E-state index in [4.69, 9.17) is 9.26 Å². The van der Waals surface area contributed by atoms with E-state index in [-0.39, 0.29) is 12.5 Å². The van der Waals surface area contributed by atoms with Crippen LogP contribution in [0.2, 0.25) is 0 Å². The topological polar surface area (TPSA) is 77.3 Å². The second kappa shape index (κ2) is 9.95. The Bertz CT molecular complexity index is 1160. The summed E-state index contributed by atoms with van der Waals surface area (Å²) in [4.78, 5) is 18.1. The first-order valence-electron chi connectivity index (χ1n) is 9.74. The highest BCUT2D eigenvalue weighted by atomic mass is 32.2. The minimum Gasteiger partial charge on any atom is -0.497 e. The minimum atomic E-state index is -0.183. The predicted octanol–water partition coefficient (Wildman–Crippen LogP) is 4.97. The third-order valence-corrected chi connectivity index (χ3v) is 5.71. The molecular weight excluding hydrogens is 410 g/mol. The first-order chi connectivity index (χ1) is 15.2. The number of carbonyl (C=O) groups is 1. The van der Waals surface area contributed by atoms with Crippen molar-refractivity contribution in [2.45, 2.75) is 17.2 Å². The molecule has 4 aromatic rings. The molecule has 0 atom stereocenters. The van der Waals surface area contributed by atoms with E-state index in [2.05, 4.69) is 27.6 Å². The Morgan fingerprint density at radius 3 is 2.68 bits per heavy atom. The van der Waals surface area contributed by atoms with Gasteiger partial charge in [0.1, 0.15) is 5.75 Å². The summed E-state index contributed by atoms with van der Waals surface area (Å²) in [6.45, 7) is 0.146. The van der Waals surface area contributed by atoms with E-state index in [1.165, 1.54) is 5.56 Å². The van der Waals surface area contributed by atoms with E-state index < -0.39 is 0 Å². The van der Waals surface area contributed by atoms with E-state index in [1.54, 1.807) is 18.9 Å². The summed E-state index contributed by atoms with van der Waals surface area (Å²) in [5, 5.41) is 6.86. The van der Waals surface area contributed by atoms with Crippen LogP contribution in [0.3, 0.4) is 0 Å². The van der Waals surface area contributed by atoms with Crippen molar-refractivity contribution in [3.05, 3.63) is 95.9 Å². The highest BCUT2D eigenvalue weighted by molar-refractivity contribution is 7.98. The first-order valence-corrected chi connectivity index (χ1v) is 10.7. The average molecular weight is 432 g/mol. The van der Waals surface area contributed by atoms with Crippen molar-refractivity contribution >= 4 is 17.7 Å². The largest absolute Gasteiger partial charge is 0.497 e. The average Bonchev–Trinajstić information content (AvgIpc) is 3.31. The third kappa shape index (κ3) is 5.32. The molecule has 7 heteroatoms. The van der Waals surface area contributed by atoms with Gasteiger partial charge in [-0.3, -0.25) is 4.79 Å². The Morgan fingerprint density at radius 1 is 1.03 bits per heavy atom. The van der Waals surface area contributed by atoms with Gasteiger partial charge in [0, 0.05) is 16.2 Å². The summed E-state index contributed by atoms with van der Waals surface area (Å²) in [5.41, 5.74) is 2.61. The van der Waals surface area contributed by atoms with Crippen LogP contribution in [-0.2, 0) is 12.3 Å². The summed E-state index contributed by atoms with van der Waals surface area (Å²) >= 11 is 1.63. The van der Waals surface area contributed by atoms with Crippen molar-refractivity contribution in [3.63, 3.8) is 0 Å². The molecule has 0 unspecified atom stereocenters. The van der Waals surface area contributed by atoms with Gasteiger partial charge in [0.2, 0.25) is 11.7 Å². The maximum atomic E-state index is 12.8. The molecule has 0 saturated carbocycles. The Hall–Kier alpha value is -3.58. The molecule has 0 saturated heterocycles. The SMILES string of the molecule is COc1cccc(-c2noc(CNC(=O)c3ccccc3SCc3ccccc3)n2)c1. The van der Waals surface area contributed by atoms with E-state index in [1.807, 2.05) is 66.7 Å². The number of methoxy groups -OCH3 is 1. The van der Waals surface area contributed by atoms with Gasteiger partial charge >= 0.3 is 0 Å². The number of nitrogens with one attached hydrogen (secondary N) is 1. The minimum absolute atomic E-state index is 0.146. The molecule has 0 aliphatic carbocycles. The lowest BCUT2D eigenvalue weighted by Gasteiger charge is -2.09. The summed E-state index contributed by atoms with van der Waals surface area (Å²) < 4.78 is 10.5. The van der Waals surface area contributed by atoms with Gasteiger partial charge in [0.15, 0.2) is 0 Å². The van der Waals surface area contributed by atoms with Crippen molar-refractivity contribution in [3.8, 4) is 17.1 Å². The molecule has 1 heterocycles. The van der Waals surface area contributed by atoms with Crippen molar-refractivity contribution in [2.75, 3.05) is 7.11 Å². The number of amides is 1. The van der Waals surface area contributed by atoms with Crippen LogP contribution in [-0.4, -0.2) is 23.2 Å². The second-order valence-electron chi connectivity index (χ2n) is 6.70. The van der Waals surface area contributed by atoms with E-state index in [0.717, 1.165) is 16.2 Å². The molecule has 0 aliphatic rings. The molecule has 156 valence electrons. The molecule has 3 aromatic carbocycles. The van der Waals surface area contributed by atoms with Crippen LogP contribution >= 0.6 is 11.8 Å². The summed E-state index contributed by atoms with van der Waals surface area (Å²) in [7, 11) is 1.60. The summed E-state index contributed by atoms with van der Waals surface area (Å²) in [6, 6.07) is 25.1. The zero-order valence-corrected chi connectivity index (χ0v) is 17.8. The molecule has 1 amide bonds. The fraction of sp³-hybridized carbons (Fsp3) is 0.125. The monoisotopic (exact) mass is 431 g/mol. The maximum Gasteiger partial charge on any atom is 0.252 e. The van der Waals surface area contributed by atoms with Crippen LogP contribution in [0.1, 0.15) is 21.8 Å². The van der Waals surface area contributed by atoms with Gasteiger partial charge in [0.05, 0.1) is 19.2 Å². The molecule has 0 radical (unpaired) electrons. The number of hydrogen-bond acceptors (Lipinski definition) is 6. The Morgan fingerprint density at radius 2 is 1.84 bits per heavy atom. The number of nitrogens with zero attached hydrogens (tertiary/aromatic N) is 2. The lowest BCUT2D eigenvalue weighted by Crippen LogP contribution is -2.23. The van der Waals surface area contributed by atoms with E-state index >= 15 is 0 Å². The van der Waals surface area contributed by atoms with Gasteiger partial charge in [-0.1, -0.05) is 59.8 Å². The van der Waals surface area contributed by atoms with Crippen molar-refractivity contribution in [2.24, 2.45) is 0 Å². The Kier molecular flexibility index (Phi) is 6.64. The summed E-state index contributed by atoms with van der Waals surface area (Å²) in [6.07, 6.45) is 0.